The zero-order chi connectivity index (χ0) is 14.8. The highest BCUT2D eigenvalue weighted by Crippen LogP contribution is 2.07. The van der Waals surface area contributed by atoms with E-state index in [1.165, 1.54) is 5.56 Å². The van der Waals surface area contributed by atoms with Crippen molar-refractivity contribution < 1.29 is 19.4 Å². The minimum absolute atomic E-state index is 0.0292. The van der Waals surface area contributed by atoms with Crippen LogP contribution in [0.3, 0.4) is 0 Å². The van der Waals surface area contributed by atoms with Crippen LogP contribution in [-0.2, 0) is 9.47 Å². The van der Waals surface area contributed by atoms with E-state index in [0.29, 0.717) is 18.3 Å². The topological polar surface area (TPSA) is 79.8 Å². The number of rotatable bonds is 7. The van der Waals surface area contributed by atoms with Gasteiger partial charge in [0.2, 0.25) is 0 Å². The molecule has 0 aromatic heterocycles. The summed E-state index contributed by atoms with van der Waals surface area (Å²) in [5, 5.41) is 14.8. The molecular weight excluding hydrogens is 280 g/mol. The lowest BCUT2D eigenvalue weighted by atomic mass is 10.2. The van der Waals surface area contributed by atoms with Crippen molar-refractivity contribution in [2.45, 2.75) is 6.92 Å². The van der Waals surface area contributed by atoms with Crippen LogP contribution in [0, 0.1) is 6.92 Å². The normalized spacial score (nSPS) is 9.85. The monoisotopic (exact) mass is 298 g/mol. The molecule has 0 aliphatic heterocycles. The van der Waals surface area contributed by atoms with E-state index in [1.54, 1.807) is 0 Å². The average Bonchev–Trinajstić information content (AvgIpc) is 2.40. The molecule has 3 N–H and O–H groups in total. The maximum absolute atomic E-state index is 10.1. The molecule has 0 heterocycles. The van der Waals surface area contributed by atoms with E-state index in [4.69, 9.17) is 22.1 Å². The maximum Gasteiger partial charge on any atom is 0.505 e. The third-order valence-electron chi connectivity index (χ3n) is 2.29. The zero-order valence-corrected chi connectivity index (χ0v) is 12.0. The second kappa shape index (κ2) is 9.11. The first kappa shape index (κ1) is 16.2. The number of anilines is 1. The Morgan fingerprint density at radius 3 is 2.60 bits per heavy atom. The summed E-state index contributed by atoms with van der Waals surface area (Å²) in [6.45, 7) is 3.22. The van der Waals surface area contributed by atoms with E-state index in [0.717, 1.165) is 5.69 Å². The van der Waals surface area contributed by atoms with Gasteiger partial charge in [0, 0.05) is 12.2 Å². The fraction of sp³-hybridized carbons (Fsp3) is 0.385. The summed E-state index contributed by atoms with van der Waals surface area (Å²) < 4.78 is 9.45. The van der Waals surface area contributed by atoms with Crippen LogP contribution in [0.2, 0.25) is 0 Å². The molecule has 0 amide bonds. The van der Waals surface area contributed by atoms with E-state index < -0.39 is 6.16 Å². The van der Waals surface area contributed by atoms with Crippen molar-refractivity contribution in [3.8, 4) is 0 Å². The highest BCUT2D eigenvalue weighted by molar-refractivity contribution is 7.80. The van der Waals surface area contributed by atoms with Gasteiger partial charge >= 0.3 is 6.16 Å². The fourth-order valence-electron chi connectivity index (χ4n) is 1.34. The molecule has 0 saturated carbocycles. The molecule has 1 rings (SSSR count). The van der Waals surface area contributed by atoms with Gasteiger partial charge < -0.3 is 25.2 Å². The maximum atomic E-state index is 10.1. The lowest BCUT2D eigenvalue weighted by Gasteiger charge is -2.10. The average molecular weight is 298 g/mol. The highest BCUT2D eigenvalue weighted by Gasteiger charge is 1.98. The Labute approximate surface area is 123 Å². The molecular formula is C13H18N2O4S. The Kier molecular flexibility index (Phi) is 7.38. The van der Waals surface area contributed by atoms with E-state index in [9.17, 15) is 4.79 Å². The number of carboxylic acid groups (broad SMARTS) is 1. The molecule has 6 nitrogen and oxygen atoms in total. The number of nitrogens with one attached hydrogen (secondary N) is 2. The van der Waals surface area contributed by atoms with E-state index in [-0.39, 0.29) is 13.2 Å². The molecule has 20 heavy (non-hydrogen) atoms. The third kappa shape index (κ3) is 7.55. The van der Waals surface area contributed by atoms with Crippen molar-refractivity contribution in [3.63, 3.8) is 0 Å². The van der Waals surface area contributed by atoms with Gasteiger partial charge in [-0.2, -0.15) is 0 Å². The number of aryl methyl sites for hydroxylation is 1. The molecule has 0 bridgehead atoms. The second-order valence-electron chi connectivity index (χ2n) is 3.97. The number of thiocarbonyl (C=S) groups is 1. The smallest absolute Gasteiger partial charge is 0.450 e. The van der Waals surface area contributed by atoms with Crippen LogP contribution in [0.25, 0.3) is 0 Å². The number of ether oxygens (including phenoxy) is 2. The largest absolute Gasteiger partial charge is 0.505 e. The van der Waals surface area contributed by atoms with Gasteiger partial charge in [0.05, 0.1) is 13.2 Å². The summed E-state index contributed by atoms with van der Waals surface area (Å²) in [5.74, 6) is 0. The Morgan fingerprint density at radius 2 is 1.95 bits per heavy atom. The first-order valence-electron chi connectivity index (χ1n) is 6.13. The lowest BCUT2D eigenvalue weighted by Crippen LogP contribution is -2.31. The minimum Gasteiger partial charge on any atom is -0.450 e. The molecule has 0 fully saturated rings. The number of hydrogen-bond acceptors (Lipinski definition) is 4. The second-order valence-corrected chi connectivity index (χ2v) is 4.38. The summed E-state index contributed by atoms with van der Waals surface area (Å²) in [4.78, 5) is 10.1. The molecule has 1 aromatic rings. The Bertz CT molecular complexity index is 437. The van der Waals surface area contributed by atoms with Crippen LogP contribution in [0.4, 0.5) is 10.5 Å². The van der Waals surface area contributed by atoms with Gasteiger partial charge in [-0.25, -0.2) is 4.79 Å². The van der Waals surface area contributed by atoms with Crippen molar-refractivity contribution in [1.82, 2.24) is 5.32 Å². The van der Waals surface area contributed by atoms with Gasteiger partial charge in [0.1, 0.15) is 6.61 Å². The quantitative estimate of drug-likeness (QED) is 0.403. The molecule has 0 radical (unpaired) electrons. The van der Waals surface area contributed by atoms with Gasteiger partial charge in [-0.05, 0) is 31.3 Å². The summed E-state index contributed by atoms with van der Waals surface area (Å²) >= 11 is 5.12. The van der Waals surface area contributed by atoms with Crippen molar-refractivity contribution >= 4 is 29.2 Å². The standard InChI is InChI=1S/C13H18N2O4S/c1-10-2-4-11(5-3-10)15-12(20)14-6-7-18-8-9-19-13(16)17/h2-5H,6-9H2,1H3,(H,16,17)(H2,14,15,20). The third-order valence-corrected chi connectivity index (χ3v) is 2.54. The van der Waals surface area contributed by atoms with Crippen LogP contribution in [0.5, 0.6) is 0 Å². The van der Waals surface area contributed by atoms with E-state index >= 15 is 0 Å². The van der Waals surface area contributed by atoms with Gasteiger partial charge in [0.15, 0.2) is 5.11 Å². The van der Waals surface area contributed by atoms with Crippen LogP contribution >= 0.6 is 12.2 Å². The molecule has 0 unspecified atom stereocenters. The molecule has 0 atom stereocenters. The lowest BCUT2D eigenvalue weighted by molar-refractivity contribution is 0.0494. The van der Waals surface area contributed by atoms with Crippen LogP contribution in [0.1, 0.15) is 5.56 Å². The molecule has 0 spiro atoms. The van der Waals surface area contributed by atoms with Crippen molar-refractivity contribution in [2.75, 3.05) is 31.7 Å². The highest BCUT2D eigenvalue weighted by atomic mass is 32.1. The van der Waals surface area contributed by atoms with Crippen LogP contribution in [0.15, 0.2) is 24.3 Å². The van der Waals surface area contributed by atoms with Crippen molar-refractivity contribution in [1.29, 1.82) is 0 Å². The van der Waals surface area contributed by atoms with E-state index in [2.05, 4.69) is 15.4 Å². The molecule has 0 saturated heterocycles. The van der Waals surface area contributed by atoms with Gasteiger partial charge in [0.25, 0.3) is 0 Å². The molecule has 110 valence electrons. The number of benzene rings is 1. The number of carbonyl (C=O) groups is 1. The molecule has 0 aliphatic carbocycles. The van der Waals surface area contributed by atoms with Gasteiger partial charge in [-0.3, -0.25) is 0 Å². The van der Waals surface area contributed by atoms with Crippen molar-refractivity contribution in [2.24, 2.45) is 0 Å². The Hall–Kier alpha value is -1.86. The predicted octanol–water partition coefficient (Wildman–Crippen LogP) is 1.99. The van der Waals surface area contributed by atoms with Gasteiger partial charge in [-0.15, -0.1) is 0 Å². The predicted molar refractivity (Wildman–Crippen MR) is 80.2 cm³/mol. The molecule has 0 aliphatic rings. The molecule has 7 heteroatoms. The molecule has 1 aromatic carbocycles. The zero-order valence-electron chi connectivity index (χ0n) is 11.2. The first-order chi connectivity index (χ1) is 9.58. The van der Waals surface area contributed by atoms with Crippen LogP contribution < -0.4 is 10.6 Å². The summed E-state index contributed by atoms with van der Waals surface area (Å²) in [7, 11) is 0. The summed E-state index contributed by atoms with van der Waals surface area (Å²) in [5.41, 5.74) is 2.11. The number of hydrogen-bond donors (Lipinski definition) is 3. The minimum atomic E-state index is -1.30. The SMILES string of the molecule is Cc1ccc(NC(=S)NCCOCCOC(=O)O)cc1. The fourth-order valence-corrected chi connectivity index (χ4v) is 1.56. The summed E-state index contributed by atoms with van der Waals surface area (Å²) in [6, 6.07) is 7.89. The Balaban J connectivity index is 2.05. The first-order valence-corrected chi connectivity index (χ1v) is 6.54. The van der Waals surface area contributed by atoms with Crippen LogP contribution in [-0.4, -0.2) is 42.7 Å². The van der Waals surface area contributed by atoms with Gasteiger partial charge in [-0.1, -0.05) is 17.7 Å². The van der Waals surface area contributed by atoms with Crippen molar-refractivity contribution in [3.05, 3.63) is 29.8 Å². The van der Waals surface area contributed by atoms with E-state index in [1.807, 2.05) is 31.2 Å². The summed E-state index contributed by atoms with van der Waals surface area (Å²) in [6.07, 6.45) is -1.30. The Morgan fingerprint density at radius 1 is 1.25 bits per heavy atom.